The van der Waals surface area contributed by atoms with Crippen molar-refractivity contribution in [2.24, 2.45) is 7.05 Å². The van der Waals surface area contributed by atoms with Crippen molar-refractivity contribution in [1.82, 2.24) is 14.8 Å². The molecule has 0 aliphatic rings. The fourth-order valence-corrected chi connectivity index (χ4v) is 1.56. The second kappa shape index (κ2) is 3.82. The molecule has 0 radical (unpaired) electrons. The van der Waals surface area contributed by atoms with Crippen molar-refractivity contribution < 1.29 is 4.79 Å². The molecule has 0 unspecified atom stereocenters. The van der Waals surface area contributed by atoms with Gasteiger partial charge in [0.15, 0.2) is 12.1 Å². The lowest BCUT2D eigenvalue weighted by Crippen LogP contribution is -1.97. The number of benzene rings is 1. The van der Waals surface area contributed by atoms with E-state index in [-0.39, 0.29) is 0 Å². The Hall–Kier alpha value is -1.68. The summed E-state index contributed by atoms with van der Waals surface area (Å²) in [5.41, 5.74) is 1.24. The zero-order chi connectivity index (χ0) is 10.8. The smallest absolute Gasteiger partial charge is 0.158 e. The number of hydrogen-bond acceptors (Lipinski definition) is 3. The van der Waals surface area contributed by atoms with Gasteiger partial charge >= 0.3 is 0 Å². The zero-order valence-electron chi connectivity index (χ0n) is 8.01. The quantitative estimate of drug-likeness (QED) is 0.729. The Bertz CT molecular complexity index is 507. The van der Waals surface area contributed by atoms with Crippen LogP contribution in [-0.2, 0) is 7.05 Å². The summed E-state index contributed by atoms with van der Waals surface area (Å²) in [5.74, 6) is 0.647. The first kappa shape index (κ1) is 9.86. The molecule has 0 aliphatic heterocycles. The Morgan fingerprint density at radius 1 is 1.47 bits per heavy atom. The Morgan fingerprint density at radius 3 is 2.87 bits per heavy atom. The number of aryl methyl sites for hydroxylation is 1. The van der Waals surface area contributed by atoms with E-state index in [1.807, 2.05) is 0 Å². The third-order valence-corrected chi connectivity index (χ3v) is 2.33. The van der Waals surface area contributed by atoms with Gasteiger partial charge in [0.2, 0.25) is 0 Å². The normalized spacial score (nSPS) is 10.3. The van der Waals surface area contributed by atoms with Crippen molar-refractivity contribution >= 4 is 17.9 Å². The van der Waals surface area contributed by atoms with Gasteiger partial charge in [-0.15, -0.1) is 0 Å². The third kappa shape index (κ3) is 1.76. The second-order valence-corrected chi connectivity index (χ2v) is 3.49. The first-order valence-corrected chi connectivity index (χ1v) is 4.69. The largest absolute Gasteiger partial charge is 0.298 e. The molecule has 0 aliphatic carbocycles. The van der Waals surface area contributed by atoms with Crippen LogP contribution in [0.3, 0.4) is 0 Å². The summed E-state index contributed by atoms with van der Waals surface area (Å²) in [7, 11) is 1.77. The predicted molar refractivity (Wildman–Crippen MR) is 56.8 cm³/mol. The molecular formula is C10H8ClN3O. The van der Waals surface area contributed by atoms with E-state index in [1.165, 1.54) is 6.33 Å². The maximum atomic E-state index is 10.9. The second-order valence-electron chi connectivity index (χ2n) is 3.06. The van der Waals surface area contributed by atoms with E-state index < -0.39 is 0 Å². The Balaban J connectivity index is 2.63. The molecule has 0 N–H and O–H groups in total. The minimum absolute atomic E-state index is 0.513. The van der Waals surface area contributed by atoms with Gasteiger partial charge in [-0.25, -0.2) is 9.67 Å². The molecule has 0 spiro atoms. The summed E-state index contributed by atoms with van der Waals surface area (Å²) < 4.78 is 1.61. The van der Waals surface area contributed by atoms with Crippen molar-refractivity contribution in [3.63, 3.8) is 0 Å². The summed E-state index contributed by atoms with van der Waals surface area (Å²) >= 11 is 5.80. The van der Waals surface area contributed by atoms with Gasteiger partial charge in [0.1, 0.15) is 6.33 Å². The molecule has 0 amide bonds. The molecule has 2 rings (SSSR count). The summed E-state index contributed by atoms with van der Waals surface area (Å²) in [6, 6.07) is 5.09. The van der Waals surface area contributed by atoms with Crippen LogP contribution in [0, 0.1) is 0 Å². The summed E-state index contributed by atoms with van der Waals surface area (Å²) in [6.45, 7) is 0. The number of aldehydes is 1. The van der Waals surface area contributed by atoms with Crippen LogP contribution in [0.5, 0.6) is 0 Å². The molecule has 0 saturated heterocycles. The molecule has 1 aromatic carbocycles. The Kier molecular flexibility index (Phi) is 2.51. The minimum Gasteiger partial charge on any atom is -0.298 e. The maximum absolute atomic E-state index is 10.9. The number of aromatic nitrogens is 3. The number of carbonyl (C=O) groups excluding carboxylic acids is 1. The minimum atomic E-state index is 0.513. The number of rotatable bonds is 2. The van der Waals surface area contributed by atoms with Gasteiger partial charge in [-0.2, -0.15) is 5.10 Å². The number of carbonyl (C=O) groups is 1. The van der Waals surface area contributed by atoms with Gasteiger partial charge in [0, 0.05) is 23.2 Å². The third-order valence-electron chi connectivity index (χ3n) is 2.09. The van der Waals surface area contributed by atoms with Crippen LogP contribution >= 0.6 is 11.6 Å². The van der Waals surface area contributed by atoms with Crippen LogP contribution in [-0.4, -0.2) is 21.1 Å². The van der Waals surface area contributed by atoms with E-state index in [1.54, 1.807) is 29.9 Å². The lowest BCUT2D eigenvalue weighted by atomic mass is 10.1. The molecule has 5 heteroatoms. The first-order chi connectivity index (χ1) is 7.22. The number of hydrogen-bond donors (Lipinski definition) is 0. The van der Waals surface area contributed by atoms with Gasteiger partial charge in [-0.3, -0.25) is 4.79 Å². The zero-order valence-corrected chi connectivity index (χ0v) is 8.77. The van der Waals surface area contributed by atoms with Gasteiger partial charge < -0.3 is 0 Å². The van der Waals surface area contributed by atoms with Gasteiger partial charge in [0.05, 0.1) is 0 Å². The van der Waals surface area contributed by atoms with Crippen LogP contribution in [0.1, 0.15) is 10.4 Å². The molecule has 2 aromatic rings. The lowest BCUT2D eigenvalue weighted by Gasteiger charge is -2.03. The van der Waals surface area contributed by atoms with E-state index in [0.29, 0.717) is 16.4 Å². The van der Waals surface area contributed by atoms with Crippen molar-refractivity contribution in [3.05, 3.63) is 35.1 Å². The molecule has 76 valence electrons. The highest BCUT2D eigenvalue weighted by Crippen LogP contribution is 2.22. The SMILES string of the molecule is Cn1ncnc1-c1ccc(Cl)cc1C=O. The molecule has 4 nitrogen and oxygen atoms in total. The van der Waals surface area contributed by atoms with Crippen molar-refractivity contribution in [2.75, 3.05) is 0 Å². The molecule has 0 fully saturated rings. The van der Waals surface area contributed by atoms with Crippen molar-refractivity contribution in [2.45, 2.75) is 0 Å². The molecule has 1 aromatic heterocycles. The van der Waals surface area contributed by atoms with E-state index in [9.17, 15) is 4.79 Å². The first-order valence-electron chi connectivity index (χ1n) is 4.31. The molecule has 0 atom stereocenters. The molecule has 0 saturated carbocycles. The van der Waals surface area contributed by atoms with Crippen LogP contribution in [0.2, 0.25) is 5.02 Å². The van der Waals surface area contributed by atoms with Gasteiger partial charge in [-0.05, 0) is 18.2 Å². The van der Waals surface area contributed by atoms with Crippen LogP contribution in [0.4, 0.5) is 0 Å². The maximum Gasteiger partial charge on any atom is 0.158 e. The number of halogens is 1. The van der Waals surface area contributed by atoms with Gasteiger partial charge in [-0.1, -0.05) is 11.6 Å². The van der Waals surface area contributed by atoms with E-state index in [4.69, 9.17) is 11.6 Å². The van der Waals surface area contributed by atoms with Crippen molar-refractivity contribution in [1.29, 1.82) is 0 Å². The van der Waals surface area contributed by atoms with E-state index >= 15 is 0 Å². The molecule has 15 heavy (non-hydrogen) atoms. The summed E-state index contributed by atoms with van der Waals surface area (Å²) in [4.78, 5) is 14.9. The highest BCUT2D eigenvalue weighted by atomic mass is 35.5. The topological polar surface area (TPSA) is 47.8 Å². The van der Waals surface area contributed by atoms with E-state index in [0.717, 1.165) is 11.8 Å². The summed E-state index contributed by atoms with van der Waals surface area (Å²) in [6.07, 6.45) is 2.20. The van der Waals surface area contributed by atoms with Crippen LogP contribution in [0.25, 0.3) is 11.4 Å². The highest BCUT2D eigenvalue weighted by Gasteiger charge is 2.09. The Labute approximate surface area is 91.5 Å². The monoisotopic (exact) mass is 221 g/mol. The average Bonchev–Trinajstić information content (AvgIpc) is 2.64. The standard InChI is InChI=1S/C10H8ClN3O/c1-14-10(12-6-13-14)9-3-2-8(11)4-7(9)5-15/h2-6H,1H3. The Morgan fingerprint density at radius 2 is 2.27 bits per heavy atom. The van der Waals surface area contributed by atoms with Crippen LogP contribution < -0.4 is 0 Å². The molecular weight excluding hydrogens is 214 g/mol. The number of nitrogens with zero attached hydrogens (tertiary/aromatic N) is 3. The summed E-state index contributed by atoms with van der Waals surface area (Å²) in [5, 5.41) is 4.48. The fraction of sp³-hybridized carbons (Fsp3) is 0.100. The van der Waals surface area contributed by atoms with Crippen LogP contribution in [0.15, 0.2) is 24.5 Å². The highest BCUT2D eigenvalue weighted by molar-refractivity contribution is 6.31. The average molecular weight is 222 g/mol. The molecule has 1 heterocycles. The predicted octanol–water partition coefficient (Wildman–Crippen LogP) is 1.95. The fourth-order valence-electron chi connectivity index (χ4n) is 1.37. The lowest BCUT2D eigenvalue weighted by molar-refractivity contribution is 0.112. The molecule has 0 bridgehead atoms. The van der Waals surface area contributed by atoms with Crippen molar-refractivity contribution in [3.8, 4) is 11.4 Å². The van der Waals surface area contributed by atoms with Gasteiger partial charge in [0.25, 0.3) is 0 Å². The van der Waals surface area contributed by atoms with E-state index in [2.05, 4.69) is 10.1 Å².